The molecule has 0 aromatic heterocycles. The van der Waals surface area contributed by atoms with Gasteiger partial charge < -0.3 is 0 Å². The molecule has 1 aromatic carbocycles. The van der Waals surface area contributed by atoms with E-state index in [9.17, 15) is 13.2 Å². The molecule has 0 heterocycles. The maximum atomic E-state index is 12.6. The minimum atomic E-state index is -4.33. The van der Waals surface area contributed by atoms with E-state index in [-0.39, 0.29) is 5.92 Å². The molecule has 0 bridgehead atoms. The van der Waals surface area contributed by atoms with Crippen LogP contribution >= 0.6 is 0 Å². The standard InChI is InChI=1S/C15H18F3N/c1-4-5-9-14(11(2)3)19-13-8-6-7-12(10-13)15(16,17)18/h5-11H,4H2,1-3H3/b9-5-,19-14?. The van der Waals surface area contributed by atoms with Crippen LogP contribution in [0.15, 0.2) is 41.4 Å². The van der Waals surface area contributed by atoms with Crippen molar-refractivity contribution in [2.75, 3.05) is 0 Å². The van der Waals surface area contributed by atoms with Gasteiger partial charge in [0, 0.05) is 5.71 Å². The molecule has 0 spiro atoms. The van der Waals surface area contributed by atoms with Crippen LogP contribution in [0.1, 0.15) is 32.8 Å². The van der Waals surface area contributed by atoms with E-state index in [0.29, 0.717) is 5.69 Å². The average molecular weight is 269 g/mol. The smallest absolute Gasteiger partial charge is 0.253 e. The van der Waals surface area contributed by atoms with Crippen LogP contribution in [-0.4, -0.2) is 5.71 Å². The van der Waals surface area contributed by atoms with E-state index in [0.717, 1.165) is 24.3 Å². The van der Waals surface area contributed by atoms with Gasteiger partial charge in [0.25, 0.3) is 0 Å². The predicted molar refractivity (Wildman–Crippen MR) is 72.8 cm³/mol. The highest BCUT2D eigenvalue weighted by molar-refractivity contribution is 5.98. The zero-order valence-electron chi connectivity index (χ0n) is 11.3. The average Bonchev–Trinajstić information content (AvgIpc) is 2.33. The van der Waals surface area contributed by atoms with Gasteiger partial charge in [0.1, 0.15) is 0 Å². The molecule has 0 unspecified atom stereocenters. The van der Waals surface area contributed by atoms with Crippen LogP contribution in [0.3, 0.4) is 0 Å². The lowest BCUT2D eigenvalue weighted by Gasteiger charge is -2.09. The molecule has 0 saturated heterocycles. The first-order valence-corrected chi connectivity index (χ1v) is 6.27. The lowest BCUT2D eigenvalue weighted by atomic mass is 10.1. The zero-order valence-corrected chi connectivity index (χ0v) is 11.3. The van der Waals surface area contributed by atoms with Crippen molar-refractivity contribution in [1.82, 2.24) is 0 Å². The molecular formula is C15H18F3N. The second-order valence-electron chi connectivity index (χ2n) is 4.55. The van der Waals surface area contributed by atoms with Gasteiger partial charge in [0.2, 0.25) is 0 Å². The van der Waals surface area contributed by atoms with E-state index < -0.39 is 11.7 Å². The van der Waals surface area contributed by atoms with Gasteiger partial charge in [-0.15, -0.1) is 0 Å². The zero-order chi connectivity index (χ0) is 14.5. The summed E-state index contributed by atoms with van der Waals surface area (Å²) in [6.07, 6.45) is 0.356. The van der Waals surface area contributed by atoms with Gasteiger partial charge in [-0.2, -0.15) is 13.2 Å². The van der Waals surface area contributed by atoms with Crippen LogP contribution in [0, 0.1) is 5.92 Å². The molecule has 1 rings (SSSR count). The Kier molecular flexibility index (Phi) is 5.33. The highest BCUT2D eigenvalue weighted by Gasteiger charge is 2.30. The minimum Gasteiger partial charge on any atom is -0.253 e. The molecule has 0 radical (unpaired) electrons. The molecule has 0 aliphatic rings. The molecule has 104 valence electrons. The van der Waals surface area contributed by atoms with Crippen molar-refractivity contribution in [1.29, 1.82) is 0 Å². The van der Waals surface area contributed by atoms with Crippen LogP contribution < -0.4 is 0 Å². The Bertz CT molecular complexity index is 471. The highest BCUT2D eigenvalue weighted by atomic mass is 19.4. The maximum absolute atomic E-state index is 12.6. The Balaban J connectivity index is 3.11. The molecule has 1 nitrogen and oxygen atoms in total. The predicted octanol–water partition coefficient (Wildman–Crippen LogP) is 5.40. The number of halogens is 3. The number of nitrogens with zero attached hydrogens (tertiary/aromatic N) is 1. The number of rotatable bonds is 4. The Morgan fingerprint density at radius 1 is 1.32 bits per heavy atom. The topological polar surface area (TPSA) is 12.4 Å². The third-order valence-electron chi connectivity index (χ3n) is 2.55. The van der Waals surface area contributed by atoms with E-state index in [2.05, 4.69) is 4.99 Å². The van der Waals surface area contributed by atoms with Crippen molar-refractivity contribution in [3.63, 3.8) is 0 Å². The van der Waals surface area contributed by atoms with E-state index in [1.807, 2.05) is 32.9 Å². The molecule has 1 aromatic rings. The normalized spacial score (nSPS) is 13.5. The van der Waals surface area contributed by atoms with Crippen molar-refractivity contribution in [3.8, 4) is 0 Å². The number of benzene rings is 1. The lowest BCUT2D eigenvalue weighted by Crippen LogP contribution is -2.05. The number of aliphatic imine (C=N–C) groups is 1. The highest BCUT2D eigenvalue weighted by Crippen LogP contribution is 2.31. The molecule has 0 N–H and O–H groups in total. The van der Waals surface area contributed by atoms with E-state index in [1.165, 1.54) is 6.07 Å². The van der Waals surface area contributed by atoms with Crippen molar-refractivity contribution in [2.24, 2.45) is 10.9 Å². The third kappa shape index (κ3) is 4.89. The molecule has 0 saturated carbocycles. The van der Waals surface area contributed by atoms with Crippen LogP contribution in [0.2, 0.25) is 0 Å². The minimum absolute atomic E-state index is 0.164. The van der Waals surface area contributed by atoms with Crippen molar-refractivity contribution in [3.05, 3.63) is 42.0 Å². The fourth-order valence-electron chi connectivity index (χ4n) is 1.50. The summed E-state index contributed by atoms with van der Waals surface area (Å²) in [5, 5.41) is 0. The monoisotopic (exact) mass is 269 g/mol. The van der Waals surface area contributed by atoms with Gasteiger partial charge >= 0.3 is 6.18 Å². The summed E-state index contributed by atoms with van der Waals surface area (Å²) in [4.78, 5) is 4.30. The largest absolute Gasteiger partial charge is 0.416 e. The van der Waals surface area contributed by atoms with Gasteiger partial charge in [-0.1, -0.05) is 32.9 Å². The van der Waals surface area contributed by atoms with E-state index in [4.69, 9.17) is 0 Å². The fourth-order valence-corrected chi connectivity index (χ4v) is 1.50. The second-order valence-corrected chi connectivity index (χ2v) is 4.55. The van der Waals surface area contributed by atoms with Crippen LogP contribution in [0.4, 0.5) is 18.9 Å². The number of hydrogen-bond acceptors (Lipinski definition) is 1. The summed E-state index contributed by atoms with van der Waals surface area (Å²) in [6, 6.07) is 5.08. The summed E-state index contributed by atoms with van der Waals surface area (Å²) in [6.45, 7) is 5.93. The first kappa shape index (κ1) is 15.5. The van der Waals surface area contributed by atoms with E-state index in [1.54, 1.807) is 6.07 Å². The second kappa shape index (κ2) is 6.55. The van der Waals surface area contributed by atoms with Crippen LogP contribution in [0.25, 0.3) is 0 Å². The summed E-state index contributed by atoms with van der Waals surface area (Å²) < 4.78 is 37.8. The molecule has 0 aliphatic carbocycles. The Morgan fingerprint density at radius 3 is 2.53 bits per heavy atom. The van der Waals surface area contributed by atoms with Crippen LogP contribution in [0.5, 0.6) is 0 Å². The molecule has 0 aliphatic heterocycles. The summed E-state index contributed by atoms with van der Waals surface area (Å²) in [5.74, 6) is 0.164. The van der Waals surface area contributed by atoms with Gasteiger partial charge in [0.05, 0.1) is 11.3 Å². The first-order valence-electron chi connectivity index (χ1n) is 6.27. The Hall–Kier alpha value is -1.58. The molecule has 0 atom stereocenters. The first-order chi connectivity index (χ1) is 8.84. The lowest BCUT2D eigenvalue weighted by molar-refractivity contribution is -0.137. The molecule has 4 heteroatoms. The molecular weight excluding hydrogens is 251 g/mol. The Morgan fingerprint density at radius 2 is 2.00 bits per heavy atom. The third-order valence-corrected chi connectivity index (χ3v) is 2.55. The molecule has 0 amide bonds. The van der Waals surface area contributed by atoms with Crippen molar-refractivity contribution in [2.45, 2.75) is 33.4 Å². The van der Waals surface area contributed by atoms with Gasteiger partial charge in [-0.25, -0.2) is 0 Å². The molecule has 0 fully saturated rings. The fraction of sp³-hybridized carbons (Fsp3) is 0.400. The van der Waals surface area contributed by atoms with Crippen LogP contribution in [-0.2, 0) is 6.18 Å². The summed E-state index contributed by atoms with van der Waals surface area (Å²) in [5.41, 5.74) is 0.441. The number of hydrogen-bond donors (Lipinski definition) is 0. The Labute approximate surface area is 111 Å². The quantitative estimate of drug-likeness (QED) is 0.649. The van der Waals surface area contributed by atoms with Gasteiger partial charge in [-0.05, 0) is 36.6 Å². The number of alkyl halides is 3. The van der Waals surface area contributed by atoms with Crippen molar-refractivity contribution >= 4 is 11.4 Å². The number of allylic oxidation sites excluding steroid dienone is 2. The summed E-state index contributed by atoms with van der Waals surface area (Å²) in [7, 11) is 0. The van der Waals surface area contributed by atoms with Gasteiger partial charge in [0.15, 0.2) is 0 Å². The SMILES string of the molecule is CC/C=C\C(=Nc1cccc(C(F)(F)F)c1)C(C)C. The maximum Gasteiger partial charge on any atom is 0.416 e. The van der Waals surface area contributed by atoms with Gasteiger partial charge in [-0.3, -0.25) is 4.99 Å². The van der Waals surface area contributed by atoms with E-state index >= 15 is 0 Å². The molecule has 19 heavy (non-hydrogen) atoms. The van der Waals surface area contributed by atoms with Crippen molar-refractivity contribution < 1.29 is 13.2 Å². The summed E-state index contributed by atoms with van der Waals surface area (Å²) >= 11 is 0.